The van der Waals surface area contributed by atoms with Gasteiger partial charge in [-0.1, -0.05) is 12.1 Å². The summed E-state index contributed by atoms with van der Waals surface area (Å²) in [5.41, 5.74) is 0.538. The molecule has 2 aromatic rings. The first kappa shape index (κ1) is 17.9. The minimum Gasteiger partial charge on any atom is -0.494 e. The zero-order chi connectivity index (χ0) is 17.4. The molecule has 0 radical (unpaired) electrons. The highest BCUT2D eigenvalue weighted by Gasteiger charge is 2.09. The Labute approximate surface area is 139 Å². The van der Waals surface area contributed by atoms with E-state index in [1.807, 2.05) is 0 Å². The van der Waals surface area contributed by atoms with E-state index >= 15 is 0 Å². The Morgan fingerprint density at radius 1 is 1.04 bits per heavy atom. The largest absolute Gasteiger partial charge is 0.494 e. The number of hydrogen-bond donors (Lipinski definition) is 2. The highest BCUT2D eigenvalue weighted by Crippen LogP contribution is 2.13. The van der Waals surface area contributed by atoms with E-state index in [2.05, 4.69) is 5.32 Å². The monoisotopic (exact) mass is 335 g/mol. The number of carbonyl (C=O) groups is 1. The molecule has 0 aliphatic heterocycles. The molecule has 6 heteroatoms. The van der Waals surface area contributed by atoms with Crippen LogP contribution in [0, 0.1) is 11.6 Å². The van der Waals surface area contributed by atoms with Gasteiger partial charge in [0.15, 0.2) is 0 Å². The first-order valence-electron chi connectivity index (χ1n) is 7.63. The van der Waals surface area contributed by atoms with Crippen LogP contribution in [0.2, 0.25) is 0 Å². The maximum absolute atomic E-state index is 12.8. The van der Waals surface area contributed by atoms with Gasteiger partial charge in [-0.3, -0.25) is 4.79 Å². The Hall–Kier alpha value is -2.47. The second kappa shape index (κ2) is 8.98. The Bertz CT molecular complexity index is 644. The van der Waals surface area contributed by atoms with Gasteiger partial charge in [0.25, 0.3) is 0 Å². The molecule has 4 nitrogen and oxygen atoms in total. The van der Waals surface area contributed by atoms with Gasteiger partial charge < -0.3 is 15.2 Å². The van der Waals surface area contributed by atoms with Crippen LogP contribution in [-0.2, 0) is 4.79 Å². The lowest BCUT2D eigenvalue weighted by Crippen LogP contribution is -2.28. The predicted octanol–water partition coefficient (Wildman–Crippen LogP) is 2.97. The highest BCUT2D eigenvalue weighted by atomic mass is 19.1. The summed E-state index contributed by atoms with van der Waals surface area (Å²) in [6, 6.07) is 11.1. The topological polar surface area (TPSA) is 58.6 Å². The van der Waals surface area contributed by atoms with Crippen LogP contribution in [0.3, 0.4) is 0 Å². The number of rotatable bonds is 8. The number of aliphatic hydroxyl groups is 1. The number of carbonyl (C=O) groups excluding carboxylic acids is 1. The minimum atomic E-state index is -0.884. The molecule has 0 heterocycles. The van der Waals surface area contributed by atoms with Gasteiger partial charge in [-0.2, -0.15) is 0 Å². The van der Waals surface area contributed by atoms with Crippen molar-refractivity contribution in [2.24, 2.45) is 0 Å². The molecule has 0 aliphatic rings. The minimum absolute atomic E-state index is 0.0588. The number of nitrogens with one attached hydrogen (secondary N) is 1. The van der Waals surface area contributed by atoms with Crippen LogP contribution in [0.25, 0.3) is 0 Å². The second-order valence-corrected chi connectivity index (χ2v) is 5.28. The Morgan fingerprint density at radius 2 is 1.62 bits per heavy atom. The van der Waals surface area contributed by atoms with E-state index in [9.17, 15) is 18.7 Å². The van der Waals surface area contributed by atoms with Crippen molar-refractivity contribution in [3.63, 3.8) is 0 Å². The number of benzene rings is 2. The van der Waals surface area contributed by atoms with Gasteiger partial charge in [-0.05, 0) is 48.4 Å². The predicted molar refractivity (Wildman–Crippen MR) is 85.5 cm³/mol. The molecule has 0 bridgehead atoms. The molecule has 1 atom stereocenters. The van der Waals surface area contributed by atoms with Gasteiger partial charge >= 0.3 is 0 Å². The van der Waals surface area contributed by atoms with Gasteiger partial charge in [-0.25, -0.2) is 8.78 Å². The zero-order valence-electron chi connectivity index (χ0n) is 13.0. The Morgan fingerprint density at radius 3 is 2.25 bits per heavy atom. The fourth-order valence-electron chi connectivity index (χ4n) is 2.06. The maximum Gasteiger partial charge on any atom is 0.220 e. The van der Waals surface area contributed by atoms with Gasteiger partial charge in [0.1, 0.15) is 17.4 Å². The number of aliphatic hydroxyl groups excluding tert-OH is 1. The fourth-order valence-corrected chi connectivity index (χ4v) is 2.06. The zero-order valence-corrected chi connectivity index (χ0v) is 13.0. The van der Waals surface area contributed by atoms with Crippen LogP contribution >= 0.6 is 0 Å². The maximum atomic E-state index is 12.8. The lowest BCUT2D eigenvalue weighted by Gasteiger charge is -2.12. The summed E-state index contributed by atoms with van der Waals surface area (Å²) in [5.74, 6) is -0.375. The van der Waals surface area contributed by atoms with Gasteiger partial charge in [0.05, 0.1) is 12.7 Å². The lowest BCUT2D eigenvalue weighted by atomic mass is 10.1. The number of hydrogen-bond acceptors (Lipinski definition) is 3. The van der Waals surface area contributed by atoms with Crippen LogP contribution in [0.5, 0.6) is 5.75 Å². The van der Waals surface area contributed by atoms with Crippen molar-refractivity contribution in [1.29, 1.82) is 0 Å². The molecule has 1 amide bonds. The Balaban J connectivity index is 1.62. The van der Waals surface area contributed by atoms with Crippen molar-refractivity contribution >= 4 is 5.91 Å². The molecular formula is C18H19F2NO3. The van der Waals surface area contributed by atoms with Crippen molar-refractivity contribution in [2.45, 2.75) is 18.9 Å². The van der Waals surface area contributed by atoms with Crippen LogP contribution in [-0.4, -0.2) is 24.2 Å². The van der Waals surface area contributed by atoms with Crippen LogP contribution in [0.1, 0.15) is 24.5 Å². The van der Waals surface area contributed by atoms with Crippen LogP contribution < -0.4 is 10.1 Å². The summed E-state index contributed by atoms with van der Waals surface area (Å²) in [6.07, 6.45) is -0.141. The summed E-state index contributed by atoms with van der Waals surface area (Å²) in [4.78, 5) is 11.7. The molecule has 0 aromatic heterocycles. The third-order valence-corrected chi connectivity index (χ3v) is 3.38. The molecule has 2 rings (SSSR count). The van der Waals surface area contributed by atoms with E-state index in [1.54, 1.807) is 0 Å². The van der Waals surface area contributed by atoms with Crippen LogP contribution in [0.4, 0.5) is 8.78 Å². The van der Waals surface area contributed by atoms with E-state index in [0.717, 1.165) is 0 Å². The van der Waals surface area contributed by atoms with Crippen LogP contribution in [0.15, 0.2) is 48.5 Å². The van der Waals surface area contributed by atoms with Gasteiger partial charge in [-0.15, -0.1) is 0 Å². The normalized spacial score (nSPS) is 11.8. The van der Waals surface area contributed by atoms with E-state index in [1.165, 1.54) is 48.5 Å². The van der Waals surface area contributed by atoms with E-state index in [0.29, 0.717) is 24.3 Å². The summed E-state index contributed by atoms with van der Waals surface area (Å²) < 4.78 is 30.9. The van der Waals surface area contributed by atoms with Gasteiger partial charge in [0.2, 0.25) is 5.91 Å². The van der Waals surface area contributed by atoms with Crippen molar-refractivity contribution in [3.8, 4) is 5.75 Å². The van der Waals surface area contributed by atoms with E-state index < -0.39 is 6.10 Å². The molecule has 0 saturated heterocycles. The van der Waals surface area contributed by atoms with E-state index in [-0.39, 0.29) is 30.5 Å². The third kappa shape index (κ3) is 5.96. The summed E-state index contributed by atoms with van der Waals surface area (Å²) >= 11 is 0. The number of ether oxygens (including phenoxy) is 1. The molecule has 128 valence electrons. The standard InChI is InChI=1S/C18H19F2NO3/c19-14-5-3-13(4-6-14)17(22)12-21-18(23)2-1-11-24-16-9-7-15(20)8-10-16/h3-10,17,22H,1-2,11-12H2,(H,21,23). The molecule has 24 heavy (non-hydrogen) atoms. The van der Waals surface area contributed by atoms with Crippen molar-refractivity contribution in [3.05, 3.63) is 65.7 Å². The SMILES string of the molecule is O=C(CCCOc1ccc(F)cc1)NCC(O)c1ccc(F)cc1. The first-order valence-corrected chi connectivity index (χ1v) is 7.63. The molecular weight excluding hydrogens is 316 g/mol. The number of halogens is 2. The van der Waals surface area contributed by atoms with E-state index in [4.69, 9.17) is 4.74 Å². The highest BCUT2D eigenvalue weighted by molar-refractivity contribution is 5.75. The second-order valence-electron chi connectivity index (χ2n) is 5.28. The average Bonchev–Trinajstić information content (AvgIpc) is 2.59. The molecule has 0 aliphatic carbocycles. The molecule has 1 unspecified atom stereocenters. The summed E-state index contributed by atoms with van der Waals surface area (Å²) in [7, 11) is 0. The smallest absolute Gasteiger partial charge is 0.220 e. The first-order chi connectivity index (χ1) is 11.5. The quantitative estimate of drug-likeness (QED) is 0.729. The fraction of sp³-hybridized carbons (Fsp3) is 0.278. The molecule has 2 aromatic carbocycles. The molecule has 0 fully saturated rings. The lowest BCUT2D eigenvalue weighted by molar-refractivity contribution is -0.121. The van der Waals surface area contributed by atoms with Crippen molar-refractivity contribution in [1.82, 2.24) is 5.32 Å². The summed E-state index contributed by atoms with van der Waals surface area (Å²) in [5, 5.41) is 12.5. The molecule has 2 N–H and O–H groups in total. The Kier molecular flexibility index (Phi) is 6.69. The number of amides is 1. The average molecular weight is 335 g/mol. The van der Waals surface area contributed by atoms with Gasteiger partial charge in [0, 0.05) is 13.0 Å². The molecule has 0 saturated carbocycles. The summed E-state index contributed by atoms with van der Waals surface area (Å²) in [6.45, 7) is 0.392. The molecule has 0 spiro atoms. The van der Waals surface area contributed by atoms with Crippen molar-refractivity contribution in [2.75, 3.05) is 13.2 Å². The third-order valence-electron chi connectivity index (χ3n) is 3.38. The van der Waals surface area contributed by atoms with Crippen molar-refractivity contribution < 1.29 is 23.4 Å².